The molecule has 0 fully saturated rings. The minimum atomic E-state index is -0.337. The molecule has 301 valence electrons. The van der Waals surface area contributed by atoms with E-state index in [4.69, 9.17) is 9.40 Å². The number of rotatable bonds is 11. The van der Waals surface area contributed by atoms with Crippen molar-refractivity contribution in [1.82, 2.24) is 4.98 Å². The van der Waals surface area contributed by atoms with Crippen LogP contribution in [0.4, 0.5) is 0 Å². The summed E-state index contributed by atoms with van der Waals surface area (Å²) in [6.45, 7) is 27.6. The van der Waals surface area contributed by atoms with Crippen LogP contribution in [0.5, 0.6) is 0 Å². The van der Waals surface area contributed by atoms with Gasteiger partial charge in [0.1, 0.15) is 17.0 Å². The van der Waals surface area contributed by atoms with E-state index in [1.54, 1.807) is 0 Å². The Balaban J connectivity index is 0.000000330. The van der Waals surface area contributed by atoms with Crippen LogP contribution in [0.2, 0.25) is 0 Å². The summed E-state index contributed by atoms with van der Waals surface area (Å²) in [5, 5.41) is 16.0. The van der Waals surface area contributed by atoms with Gasteiger partial charge in [0.05, 0.1) is 0 Å². The van der Waals surface area contributed by atoms with E-state index in [2.05, 4.69) is 108 Å². The molecule has 0 amide bonds. The third kappa shape index (κ3) is 9.09. The van der Waals surface area contributed by atoms with Crippen molar-refractivity contribution in [2.75, 3.05) is 0 Å². The zero-order valence-corrected chi connectivity index (χ0v) is 39.1. The topological polar surface area (TPSA) is 63.3 Å². The molecular weight excluding hydrogens is 887 g/mol. The number of fused-ring (bicyclic) bond motifs is 3. The summed E-state index contributed by atoms with van der Waals surface area (Å²) in [7, 11) is 0. The van der Waals surface area contributed by atoms with Crippen LogP contribution in [-0.4, -0.2) is 15.9 Å². The molecule has 0 aliphatic heterocycles. The molecule has 1 radical (unpaired) electrons. The number of aromatic nitrogens is 1. The molecule has 0 atom stereocenters. The number of pyridine rings is 1. The van der Waals surface area contributed by atoms with E-state index in [-0.39, 0.29) is 47.9 Å². The third-order valence-corrected chi connectivity index (χ3v) is 13.2. The van der Waals surface area contributed by atoms with Crippen molar-refractivity contribution < 1.29 is 34.4 Å². The summed E-state index contributed by atoms with van der Waals surface area (Å²) >= 11 is 1.83. The van der Waals surface area contributed by atoms with Gasteiger partial charge in [0, 0.05) is 63.9 Å². The van der Waals surface area contributed by atoms with Gasteiger partial charge in [0.15, 0.2) is 11.4 Å². The number of furan rings is 1. The molecule has 56 heavy (non-hydrogen) atoms. The third-order valence-electron chi connectivity index (χ3n) is 12.2. The molecule has 0 aliphatic rings. The van der Waals surface area contributed by atoms with Crippen LogP contribution in [0.3, 0.4) is 0 Å². The Labute approximate surface area is 353 Å². The van der Waals surface area contributed by atoms with Crippen LogP contribution in [0.1, 0.15) is 124 Å². The van der Waals surface area contributed by atoms with E-state index in [1.807, 2.05) is 59.8 Å². The van der Waals surface area contributed by atoms with Crippen molar-refractivity contribution in [3.05, 3.63) is 100 Å². The van der Waals surface area contributed by atoms with Crippen LogP contribution in [-0.2, 0) is 36.7 Å². The largest absolute Gasteiger partial charge is 0.512 e. The maximum absolute atomic E-state index is 12.2. The van der Waals surface area contributed by atoms with E-state index < -0.39 is 0 Å². The van der Waals surface area contributed by atoms with Gasteiger partial charge in [0.2, 0.25) is 0 Å². The van der Waals surface area contributed by atoms with Gasteiger partial charge in [-0.15, -0.1) is 40.5 Å². The summed E-state index contributed by atoms with van der Waals surface area (Å²) in [5.74, 6) is 1.82. The number of nitrogens with zero attached hydrogens (tertiary/aromatic N) is 1. The molecule has 4 nitrogen and oxygen atoms in total. The number of aliphatic hydroxyl groups excluding tert-OH is 1. The van der Waals surface area contributed by atoms with Crippen LogP contribution < -0.4 is 0 Å². The fraction of sp³-hybridized carbons (Fsp3) is 0.440. The van der Waals surface area contributed by atoms with Crippen molar-refractivity contribution in [2.24, 2.45) is 16.7 Å². The number of hydrogen-bond donors (Lipinski definition) is 1. The standard InChI is InChI=1S/C35H34NOS.C15H28O2.Ir/c1-20(2)16-24-12-13-27(28-14-15-38-34(24)28)29-19-31(36-32-21(3)22(4)37-33(29)32)25-17-23-10-8-9-11-26(23)30(18-25)35(5,6)7;1-7-14(5,8-2)12(16)11-13(17)15(6,9-3)10-4;/h8-15,18-20H,16H2,1-7H3;11,16H,7-10H2,1-6H3;/q-1;;/b;12-11-;. The average molecular weight is 949 g/mol. The van der Waals surface area contributed by atoms with Crippen LogP contribution in [0.15, 0.2) is 76.2 Å². The van der Waals surface area contributed by atoms with E-state index >= 15 is 0 Å². The maximum atomic E-state index is 12.2. The predicted molar refractivity (Wildman–Crippen MR) is 236 cm³/mol. The van der Waals surface area contributed by atoms with Crippen molar-refractivity contribution in [1.29, 1.82) is 0 Å². The Morgan fingerprint density at radius 3 is 2.12 bits per heavy atom. The number of hydrogen-bond acceptors (Lipinski definition) is 5. The van der Waals surface area contributed by atoms with Crippen molar-refractivity contribution >= 4 is 49.1 Å². The quantitative estimate of drug-likeness (QED) is 0.0798. The Hall–Kier alpha value is -3.57. The maximum Gasteiger partial charge on any atom is 0.164 e. The SMILES string of the molecule is CCC(C)(CC)C(=O)/C=C(\O)C(C)(CC)CC.Cc1oc2c(-c3ccc(CC(C)C)c4sccc34)cc(-c3[c-]c4ccccc4c(C(C)(C)C)c3)nc2c1C.[Ir]. The van der Waals surface area contributed by atoms with E-state index in [9.17, 15) is 9.90 Å². The monoisotopic (exact) mass is 949 g/mol. The smallest absolute Gasteiger partial charge is 0.164 e. The average Bonchev–Trinajstić information content (AvgIpc) is 3.77. The number of ketones is 1. The molecule has 0 saturated carbocycles. The molecule has 6 rings (SSSR count). The summed E-state index contributed by atoms with van der Waals surface area (Å²) in [4.78, 5) is 17.4. The second-order valence-corrected chi connectivity index (χ2v) is 18.3. The van der Waals surface area contributed by atoms with Gasteiger partial charge in [-0.2, -0.15) is 0 Å². The van der Waals surface area contributed by atoms with Gasteiger partial charge < -0.3 is 9.52 Å². The summed E-state index contributed by atoms with van der Waals surface area (Å²) < 4.78 is 7.74. The number of aliphatic hydroxyl groups is 1. The Morgan fingerprint density at radius 2 is 1.52 bits per heavy atom. The molecule has 3 aromatic carbocycles. The summed E-state index contributed by atoms with van der Waals surface area (Å²) in [6, 6.07) is 23.6. The number of aryl methyl sites for hydroxylation is 2. The first-order valence-electron chi connectivity index (χ1n) is 20.2. The number of carbonyl (C=O) groups is 1. The Kier molecular flexibility index (Phi) is 14.4. The molecular formula is C50H62IrNO3S-. The Morgan fingerprint density at radius 1 is 0.875 bits per heavy atom. The number of carbonyl (C=O) groups excluding carboxylic acids is 1. The molecule has 1 N–H and O–H groups in total. The second kappa shape index (κ2) is 17.9. The number of benzene rings is 3. The van der Waals surface area contributed by atoms with E-state index in [1.165, 1.54) is 38.2 Å². The van der Waals surface area contributed by atoms with Gasteiger partial charge in [0.25, 0.3) is 0 Å². The molecule has 6 heteroatoms. The first kappa shape index (κ1) is 45.1. The van der Waals surface area contributed by atoms with Gasteiger partial charge in [-0.05, 0) is 79.9 Å². The molecule has 0 unspecified atom stereocenters. The molecule has 0 aliphatic carbocycles. The molecule has 0 saturated heterocycles. The number of allylic oxidation sites excluding steroid dienone is 2. The Bertz CT molecular complexity index is 2340. The number of thiophene rings is 1. The van der Waals surface area contributed by atoms with Crippen molar-refractivity contribution in [3.63, 3.8) is 0 Å². The van der Waals surface area contributed by atoms with E-state index in [0.29, 0.717) is 5.92 Å². The van der Waals surface area contributed by atoms with E-state index in [0.717, 1.165) is 76.7 Å². The zero-order chi connectivity index (χ0) is 40.5. The molecule has 3 aromatic heterocycles. The minimum Gasteiger partial charge on any atom is -0.512 e. The van der Waals surface area contributed by atoms with Gasteiger partial charge in [-0.1, -0.05) is 124 Å². The van der Waals surface area contributed by atoms with Gasteiger partial charge in [-0.3, -0.25) is 9.78 Å². The van der Waals surface area contributed by atoms with Crippen LogP contribution in [0, 0.1) is 36.7 Å². The van der Waals surface area contributed by atoms with Crippen LogP contribution in [0.25, 0.3) is 54.3 Å². The summed E-state index contributed by atoms with van der Waals surface area (Å²) in [6.07, 6.45) is 5.83. The van der Waals surface area contributed by atoms with Gasteiger partial charge >= 0.3 is 0 Å². The molecule has 3 heterocycles. The first-order chi connectivity index (χ1) is 25.9. The van der Waals surface area contributed by atoms with Gasteiger partial charge in [-0.25, -0.2) is 0 Å². The molecule has 0 spiro atoms. The predicted octanol–water partition coefficient (Wildman–Crippen LogP) is 15.1. The summed E-state index contributed by atoms with van der Waals surface area (Å²) in [5.41, 5.74) is 9.27. The zero-order valence-electron chi connectivity index (χ0n) is 35.9. The molecule has 6 aromatic rings. The molecule has 0 bridgehead atoms. The fourth-order valence-electron chi connectivity index (χ4n) is 7.25. The van der Waals surface area contributed by atoms with Crippen LogP contribution >= 0.6 is 11.3 Å². The first-order valence-corrected chi connectivity index (χ1v) is 21.1. The van der Waals surface area contributed by atoms with Crippen molar-refractivity contribution in [2.45, 2.75) is 128 Å². The minimum absolute atomic E-state index is 0. The second-order valence-electron chi connectivity index (χ2n) is 17.4. The normalized spacial score (nSPS) is 12.6. The fourth-order valence-corrected chi connectivity index (χ4v) is 8.20. The van der Waals surface area contributed by atoms with Crippen molar-refractivity contribution in [3.8, 4) is 22.4 Å².